The number of carboxylic acid groups (broad SMARTS) is 1. The first-order valence-corrected chi connectivity index (χ1v) is 8.46. The van der Waals surface area contributed by atoms with Gasteiger partial charge in [-0.05, 0) is 44.2 Å². The molecule has 3 N–H and O–H groups in total. The molecule has 2 aliphatic heterocycles. The van der Waals surface area contributed by atoms with E-state index in [0.29, 0.717) is 12.1 Å². The molecule has 5 nitrogen and oxygen atoms in total. The summed E-state index contributed by atoms with van der Waals surface area (Å²) >= 11 is 0. The molecule has 1 aromatic rings. The SMILES string of the molecule is CN1C2CCC1CC([C@H](N[C@@H](CO)c1ccccc1)C(=O)O)C2.Cl.Cl. The standard InChI is InChI=1S/C18H26N2O3.2ClH/c1-20-14-7-8-15(20)10-13(9-14)17(18(22)23)19-16(11-21)12-5-3-2-4-6-12;;/h2-6,13-17,19,21H,7-11H2,1H3,(H,22,23);2*1H/t13?,14?,15?,16-,17-;;/m0../s1. The van der Waals surface area contributed by atoms with Crippen LogP contribution in [0.2, 0.25) is 0 Å². The largest absolute Gasteiger partial charge is 0.480 e. The number of aliphatic hydroxyl groups is 1. The number of nitrogens with one attached hydrogen (secondary N) is 1. The van der Waals surface area contributed by atoms with Crippen LogP contribution in [0.4, 0.5) is 0 Å². The van der Waals surface area contributed by atoms with E-state index < -0.39 is 12.0 Å². The second-order valence-corrected chi connectivity index (χ2v) is 6.91. The number of halogens is 2. The molecular formula is C18H28Cl2N2O3. The van der Waals surface area contributed by atoms with Gasteiger partial charge in [-0.25, -0.2) is 0 Å². The number of aliphatic hydroxyl groups excluding tert-OH is 1. The van der Waals surface area contributed by atoms with Crippen LogP contribution in [0, 0.1) is 5.92 Å². The summed E-state index contributed by atoms with van der Waals surface area (Å²) in [4.78, 5) is 14.3. The van der Waals surface area contributed by atoms with Crippen LogP contribution in [-0.2, 0) is 4.79 Å². The Bertz CT molecular complexity index is 532. The lowest BCUT2D eigenvalue weighted by atomic mass is 9.84. The van der Waals surface area contributed by atoms with Gasteiger partial charge in [0.1, 0.15) is 6.04 Å². The lowest BCUT2D eigenvalue weighted by Gasteiger charge is -2.39. The molecule has 1 aromatic carbocycles. The fraction of sp³-hybridized carbons (Fsp3) is 0.611. The number of carboxylic acids is 1. The third kappa shape index (κ3) is 4.86. The highest BCUT2D eigenvalue weighted by molar-refractivity contribution is 5.85. The van der Waals surface area contributed by atoms with Crippen LogP contribution in [0.15, 0.2) is 30.3 Å². The zero-order valence-electron chi connectivity index (χ0n) is 14.4. The van der Waals surface area contributed by atoms with Gasteiger partial charge in [0.2, 0.25) is 0 Å². The molecule has 2 fully saturated rings. The van der Waals surface area contributed by atoms with E-state index in [1.54, 1.807) is 0 Å². The highest BCUT2D eigenvalue weighted by atomic mass is 35.5. The van der Waals surface area contributed by atoms with Crippen molar-refractivity contribution in [3.05, 3.63) is 35.9 Å². The van der Waals surface area contributed by atoms with Crippen molar-refractivity contribution in [1.82, 2.24) is 10.2 Å². The van der Waals surface area contributed by atoms with Gasteiger partial charge >= 0.3 is 5.97 Å². The van der Waals surface area contributed by atoms with Gasteiger partial charge in [0.05, 0.1) is 12.6 Å². The Morgan fingerprint density at radius 1 is 1.20 bits per heavy atom. The van der Waals surface area contributed by atoms with Crippen LogP contribution in [0.3, 0.4) is 0 Å². The van der Waals surface area contributed by atoms with Gasteiger partial charge in [0.15, 0.2) is 0 Å². The van der Waals surface area contributed by atoms with Crippen molar-refractivity contribution < 1.29 is 15.0 Å². The Labute approximate surface area is 161 Å². The summed E-state index contributed by atoms with van der Waals surface area (Å²) < 4.78 is 0. The van der Waals surface area contributed by atoms with Crippen molar-refractivity contribution in [3.63, 3.8) is 0 Å². The number of carbonyl (C=O) groups is 1. The second kappa shape index (κ2) is 9.74. The molecule has 0 saturated carbocycles. The lowest BCUT2D eigenvalue weighted by molar-refractivity contribution is -0.142. The van der Waals surface area contributed by atoms with Gasteiger partial charge in [-0.2, -0.15) is 0 Å². The number of hydrogen-bond acceptors (Lipinski definition) is 4. The number of hydrogen-bond donors (Lipinski definition) is 3. The summed E-state index contributed by atoms with van der Waals surface area (Å²) in [6.07, 6.45) is 4.19. The van der Waals surface area contributed by atoms with Gasteiger partial charge < -0.3 is 15.1 Å². The Morgan fingerprint density at radius 2 is 1.76 bits per heavy atom. The molecule has 0 radical (unpaired) electrons. The van der Waals surface area contributed by atoms with E-state index >= 15 is 0 Å². The minimum absolute atomic E-state index is 0. The number of aliphatic carboxylic acids is 1. The van der Waals surface area contributed by atoms with Gasteiger partial charge in [-0.3, -0.25) is 10.1 Å². The van der Waals surface area contributed by atoms with E-state index in [1.807, 2.05) is 30.3 Å². The molecule has 0 aromatic heterocycles. The normalized spacial score (nSPS) is 27.7. The average Bonchev–Trinajstić information content (AvgIpc) is 2.77. The molecule has 0 aliphatic carbocycles. The number of piperidine rings is 1. The molecule has 4 atom stereocenters. The van der Waals surface area contributed by atoms with E-state index in [2.05, 4.69) is 17.3 Å². The molecule has 2 aliphatic rings. The van der Waals surface area contributed by atoms with E-state index in [1.165, 1.54) is 12.8 Å². The average molecular weight is 391 g/mol. The quantitative estimate of drug-likeness (QED) is 0.695. The van der Waals surface area contributed by atoms with Crippen molar-refractivity contribution in [1.29, 1.82) is 0 Å². The van der Waals surface area contributed by atoms with Crippen LogP contribution in [0.25, 0.3) is 0 Å². The first-order chi connectivity index (χ1) is 11.1. The molecule has 2 saturated heterocycles. The predicted molar refractivity (Wildman–Crippen MR) is 103 cm³/mol. The van der Waals surface area contributed by atoms with Crippen molar-refractivity contribution in [2.45, 2.75) is 49.9 Å². The first-order valence-electron chi connectivity index (χ1n) is 8.46. The molecule has 0 spiro atoms. The van der Waals surface area contributed by atoms with Crippen molar-refractivity contribution in [2.75, 3.05) is 13.7 Å². The molecule has 3 rings (SSSR count). The second-order valence-electron chi connectivity index (χ2n) is 6.91. The smallest absolute Gasteiger partial charge is 0.321 e. The fourth-order valence-corrected chi connectivity index (χ4v) is 4.29. The summed E-state index contributed by atoms with van der Waals surface area (Å²) in [6.45, 7) is -0.104. The van der Waals surface area contributed by atoms with E-state index in [4.69, 9.17) is 0 Å². The Hall–Kier alpha value is -0.850. The van der Waals surface area contributed by atoms with Crippen molar-refractivity contribution in [2.24, 2.45) is 5.92 Å². The maximum atomic E-state index is 11.8. The zero-order valence-corrected chi connectivity index (χ0v) is 16.0. The molecule has 142 valence electrons. The van der Waals surface area contributed by atoms with Gasteiger partial charge in [0, 0.05) is 12.1 Å². The van der Waals surface area contributed by atoms with E-state index in [0.717, 1.165) is 18.4 Å². The fourth-order valence-electron chi connectivity index (χ4n) is 4.29. The molecule has 7 heteroatoms. The number of nitrogens with zero attached hydrogens (tertiary/aromatic N) is 1. The van der Waals surface area contributed by atoms with Crippen LogP contribution in [-0.4, -0.2) is 52.9 Å². The minimum Gasteiger partial charge on any atom is -0.480 e. The highest BCUT2D eigenvalue weighted by Crippen LogP contribution is 2.39. The summed E-state index contributed by atoms with van der Waals surface area (Å²) in [5.74, 6) is -0.688. The number of fused-ring (bicyclic) bond motifs is 2. The lowest BCUT2D eigenvalue weighted by Crippen LogP contribution is -2.51. The molecule has 2 heterocycles. The topological polar surface area (TPSA) is 72.8 Å². The Morgan fingerprint density at radius 3 is 2.24 bits per heavy atom. The molecular weight excluding hydrogens is 363 g/mol. The zero-order chi connectivity index (χ0) is 16.4. The maximum Gasteiger partial charge on any atom is 0.321 e. The summed E-state index contributed by atoms with van der Waals surface area (Å²) in [6, 6.07) is 9.64. The molecule has 2 unspecified atom stereocenters. The summed E-state index contributed by atoms with van der Waals surface area (Å²) in [5.41, 5.74) is 0.928. The van der Waals surface area contributed by atoms with Crippen molar-refractivity contribution >= 4 is 30.8 Å². The van der Waals surface area contributed by atoms with Crippen molar-refractivity contribution in [3.8, 4) is 0 Å². The molecule has 25 heavy (non-hydrogen) atoms. The van der Waals surface area contributed by atoms with E-state index in [-0.39, 0.29) is 43.4 Å². The predicted octanol–water partition coefficient (Wildman–Crippen LogP) is 2.48. The van der Waals surface area contributed by atoms with Crippen LogP contribution in [0.5, 0.6) is 0 Å². The minimum atomic E-state index is -0.812. The molecule has 2 bridgehead atoms. The number of rotatable bonds is 6. The van der Waals surface area contributed by atoms with Crippen LogP contribution in [0.1, 0.15) is 37.3 Å². The van der Waals surface area contributed by atoms with Crippen LogP contribution >= 0.6 is 24.8 Å². The molecule has 0 amide bonds. The Balaban J connectivity index is 0.00000156. The maximum absolute atomic E-state index is 11.8. The van der Waals surface area contributed by atoms with Gasteiger partial charge in [-0.1, -0.05) is 30.3 Å². The van der Waals surface area contributed by atoms with Gasteiger partial charge in [0.25, 0.3) is 0 Å². The summed E-state index contributed by atoms with van der Waals surface area (Å²) in [5, 5.41) is 22.6. The Kier molecular flexibility index (Phi) is 8.64. The number of benzene rings is 1. The van der Waals surface area contributed by atoms with Gasteiger partial charge in [-0.15, -0.1) is 24.8 Å². The third-order valence-corrected chi connectivity index (χ3v) is 5.64. The third-order valence-electron chi connectivity index (χ3n) is 5.64. The monoisotopic (exact) mass is 390 g/mol. The summed E-state index contributed by atoms with van der Waals surface area (Å²) in [7, 11) is 2.16. The van der Waals surface area contributed by atoms with E-state index in [9.17, 15) is 15.0 Å². The first kappa shape index (κ1) is 22.2. The van der Waals surface area contributed by atoms with Crippen LogP contribution < -0.4 is 5.32 Å². The highest BCUT2D eigenvalue weighted by Gasteiger charge is 2.43.